The summed E-state index contributed by atoms with van der Waals surface area (Å²) in [5.74, 6) is 0. The van der Waals surface area contributed by atoms with Crippen LogP contribution >= 0.6 is 0 Å². The maximum Gasteiger partial charge on any atom is 0.0689 e. The van der Waals surface area contributed by atoms with Gasteiger partial charge in [0, 0.05) is 32.2 Å². The quantitative estimate of drug-likeness (QED) is 0.656. The molecule has 2 heterocycles. The first kappa shape index (κ1) is 10.1. The predicted octanol–water partition coefficient (Wildman–Crippen LogP) is 0.627. The second-order valence-corrected chi connectivity index (χ2v) is 4.23. The van der Waals surface area contributed by atoms with Crippen LogP contribution in [0.4, 0.5) is 0 Å². The van der Waals surface area contributed by atoms with Crippen molar-refractivity contribution in [3.05, 3.63) is 11.6 Å². The number of nitrogens with zero attached hydrogens (tertiary/aromatic N) is 1. The summed E-state index contributed by atoms with van der Waals surface area (Å²) in [6.07, 6.45) is 3.44. The Bertz CT molecular complexity index is 215. The number of hydrogen-bond donors (Lipinski definition) is 1. The standard InChI is InChI=1S/C11H20N2O/c1-10-7-12-4-5-13(10)8-11-3-2-6-14-9-11/h3,10,12H,2,4-9H2,1H3. The topological polar surface area (TPSA) is 24.5 Å². The highest BCUT2D eigenvalue weighted by atomic mass is 16.5. The molecule has 0 aliphatic carbocycles. The number of piperazine rings is 1. The average molecular weight is 196 g/mol. The van der Waals surface area contributed by atoms with Crippen molar-refractivity contribution in [3.8, 4) is 0 Å². The van der Waals surface area contributed by atoms with E-state index in [1.165, 1.54) is 12.1 Å². The van der Waals surface area contributed by atoms with Gasteiger partial charge in [0.05, 0.1) is 13.2 Å². The molecular weight excluding hydrogens is 176 g/mol. The second-order valence-electron chi connectivity index (χ2n) is 4.23. The van der Waals surface area contributed by atoms with Gasteiger partial charge in [0.1, 0.15) is 0 Å². The Morgan fingerprint density at radius 3 is 3.29 bits per heavy atom. The van der Waals surface area contributed by atoms with Gasteiger partial charge in [0.25, 0.3) is 0 Å². The molecule has 3 heteroatoms. The molecule has 0 radical (unpaired) electrons. The van der Waals surface area contributed by atoms with E-state index in [1.807, 2.05) is 0 Å². The van der Waals surface area contributed by atoms with Crippen LogP contribution in [0.5, 0.6) is 0 Å². The van der Waals surface area contributed by atoms with Crippen LogP contribution in [0.25, 0.3) is 0 Å². The lowest BCUT2D eigenvalue weighted by Gasteiger charge is -2.34. The maximum absolute atomic E-state index is 5.45. The molecule has 3 nitrogen and oxygen atoms in total. The van der Waals surface area contributed by atoms with Crippen molar-refractivity contribution in [3.63, 3.8) is 0 Å². The Hall–Kier alpha value is -0.380. The summed E-state index contributed by atoms with van der Waals surface area (Å²) in [7, 11) is 0. The molecule has 1 unspecified atom stereocenters. The Kier molecular flexibility index (Phi) is 3.56. The molecule has 0 aromatic heterocycles. The molecule has 2 aliphatic heterocycles. The van der Waals surface area contributed by atoms with Gasteiger partial charge in [-0.1, -0.05) is 6.08 Å². The van der Waals surface area contributed by atoms with Crippen LogP contribution in [-0.4, -0.2) is 50.3 Å². The van der Waals surface area contributed by atoms with Gasteiger partial charge in [0.2, 0.25) is 0 Å². The SMILES string of the molecule is CC1CNCCN1CC1=CCCOC1. The summed E-state index contributed by atoms with van der Waals surface area (Å²) in [4.78, 5) is 2.54. The van der Waals surface area contributed by atoms with E-state index in [1.54, 1.807) is 0 Å². The van der Waals surface area contributed by atoms with Gasteiger partial charge in [-0.15, -0.1) is 0 Å². The lowest BCUT2D eigenvalue weighted by Crippen LogP contribution is -2.50. The first-order chi connectivity index (χ1) is 6.86. The van der Waals surface area contributed by atoms with Crippen LogP contribution in [0.3, 0.4) is 0 Å². The molecule has 2 rings (SSSR count). The van der Waals surface area contributed by atoms with Crippen molar-refractivity contribution in [2.24, 2.45) is 0 Å². The summed E-state index contributed by atoms with van der Waals surface area (Å²) < 4.78 is 5.45. The average Bonchev–Trinajstić information content (AvgIpc) is 2.23. The van der Waals surface area contributed by atoms with E-state index in [9.17, 15) is 0 Å². The highest BCUT2D eigenvalue weighted by molar-refractivity contribution is 5.07. The maximum atomic E-state index is 5.45. The van der Waals surface area contributed by atoms with E-state index < -0.39 is 0 Å². The third-order valence-corrected chi connectivity index (χ3v) is 3.03. The molecule has 0 aromatic rings. The van der Waals surface area contributed by atoms with Gasteiger partial charge >= 0.3 is 0 Å². The van der Waals surface area contributed by atoms with Gasteiger partial charge in [-0.25, -0.2) is 0 Å². The zero-order chi connectivity index (χ0) is 9.80. The molecule has 1 atom stereocenters. The summed E-state index contributed by atoms with van der Waals surface area (Å²) in [5.41, 5.74) is 1.46. The van der Waals surface area contributed by atoms with Crippen molar-refractivity contribution in [1.29, 1.82) is 0 Å². The van der Waals surface area contributed by atoms with Gasteiger partial charge in [-0.2, -0.15) is 0 Å². The van der Waals surface area contributed by atoms with Gasteiger partial charge < -0.3 is 10.1 Å². The third kappa shape index (κ3) is 2.56. The lowest BCUT2D eigenvalue weighted by molar-refractivity contribution is 0.131. The highest BCUT2D eigenvalue weighted by Crippen LogP contribution is 2.10. The fourth-order valence-corrected chi connectivity index (χ4v) is 2.10. The van der Waals surface area contributed by atoms with Gasteiger partial charge in [0.15, 0.2) is 0 Å². The molecular formula is C11H20N2O. The molecule has 0 spiro atoms. The molecule has 0 bridgehead atoms. The summed E-state index contributed by atoms with van der Waals surface area (Å²) >= 11 is 0. The summed E-state index contributed by atoms with van der Waals surface area (Å²) in [6.45, 7) is 8.54. The molecule has 2 aliphatic rings. The normalized spacial score (nSPS) is 30.1. The van der Waals surface area contributed by atoms with Crippen molar-refractivity contribution in [1.82, 2.24) is 10.2 Å². The first-order valence-electron chi connectivity index (χ1n) is 5.56. The number of rotatable bonds is 2. The minimum atomic E-state index is 0.659. The molecule has 0 amide bonds. The van der Waals surface area contributed by atoms with Crippen molar-refractivity contribution >= 4 is 0 Å². The lowest BCUT2D eigenvalue weighted by atomic mass is 10.1. The summed E-state index contributed by atoms with van der Waals surface area (Å²) in [6, 6.07) is 0.659. The van der Waals surface area contributed by atoms with Crippen molar-refractivity contribution in [2.75, 3.05) is 39.4 Å². The van der Waals surface area contributed by atoms with E-state index in [0.29, 0.717) is 6.04 Å². The zero-order valence-electron chi connectivity index (χ0n) is 8.96. The Morgan fingerprint density at radius 1 is 1.64 bits per heavy atom. The van der Waals surface area contributed by atoms with Crippen LogP contribution in [0, 0.1) is 0 Å². The minimum absolute atomic E-state index is 0.659. The largest absolute Gasteiger partial charge is 0.377 e. The van der Waals surface area contributed by atoms with Crippen LogP contribution in [0.2, 0.25) is 0 Å². The smallest absolute Gasteiger partial charge is 0.0689 e. The van der Waals surface area contributed by atoms with E-state index in [-0.39, 0.29) is 0 Å². The number of ether oxygens (including phenoxy) is 1. The fraction of sp³-hybridized carbons (Fsp3) is 0.818. The molecule has 1 fully saturated rings. The predicted molar refractivity (Wildman–Crippen MR) is 57.4 cm³/mol. The molecule has 1 saturated heterocycles. The Labute approximate surface area is 86.1 Å². The van der Waals surface area contributed by atoms with E-state index in [0.717, 1.165) is 39.3 Å². The molecule has 1 N–H and O–H groups in total. The van der Waals surface area contributed by atoms with Crippen molar-refractivity contribution in [2.45, 2.75) is 19.4 Å². The zero-order valence-corrected chi connectivity index (χ0v) is 8.96. The van der Waals surface area contributed by atoms with E-state index >= 15 is 0 Å². The summed E-state index contributed by atoms with van der Waals surface area (Å²) in [5, 5.41) is 3.41. The molecule has 14 heavy (non-hydrogen) atoms. The van der Waals surface area contributed by atoms with Crippen molar-refractivity contribution < 1.29 is 4.74 Å². The number of nitrogens with one attached hydrogen (secondary N) is 1. The van der Waals surface area contributed by atoms with Gasteiger partial charge in [-0.05, 0) is 18.9 Å². The van der Waals surface area contributed by atoms with Gasteiger partial charge in [-0.3, -0.25) is 4.90 Å². The van der Waals surface area contributed by atoms with E-state index in [4.69, 9.17) is 4.74 Å². The van der Waals surface area contributed by atoms with Crippen LogP contribution in [0.1, 0.15) is 13.3 Å². The third-order valence-electron chi connectivity index (χ3n) is 3.03. The highest BCUT2D eigenvalue weighted by Gasteiger charge is 2.19. The molecule has 0 aromatic carbocycles. The first-order valence-corrected chi connectivity index (χ1v) is 5.56. The number of hydrogen-bond acceptors (Lipinski definition) is 3. The van der Waals surface area contributed by atoms with Crippen LogP contribution in [-0.2, 0) is 4.74 Å². The Balaban J connectivity index is 1.85. The monoisotopic (exact) mass is 196 g/mol. The molecule has 0 saturated carbocycles. The molecule has 80 valence electrons. The van der Waals surface area contributed by atoms with Crippen LogP contribution in [0.15, 0.2) is 11.6 Å². The minimum Gasteiger partial charge on any atom is -0.377 e. The van der Waals surface area contributed by atoms with Crippen LogP contribution < -0.4 is 5.32 Å². The Morgan fingerprint density at radius 2 is 2.57 bits per heavy atom. The fourth-order valence-electron chi connectivity index (χ4n) is 2.10. The second kappa shape index (κ2) is 4.91. The van der Waals surface area contributed by atoms with E-state index in [2.05, 4.69) is 23.2 Å².